The van der Waals surface area contributed by atoms with Crippen molar-refractivity contribution in [2.75, 3.05) is 4.90 Å². The van der Waals surface area contributed by atoms with Gasteiger partial charge in [0.15, 0.2) is 0 Å². The molecule has 0 spiro atoms. The van der Waals surface area contributed by atoms with Gasteiger partial charge in [0.1, 0.15) is 11.2 Å². The zero-order valence-corrected chi connectivity index (χ0v) is 32.8. The highest BCUT2D eigenvalue weighted by Crippen LogP contribution is 2.49. The van der Waals surface area contributed by atoms with Gasteiger partial charge in [0, 0.05) is 42.2 Å². The quantitative estimate of drug-likeness (QED) is 0.157. The molecule has 0 aliphatic carbocycles. The van der Waals surface area contributed by atoms with Crippen LogP contribution >= 0.6 is 11.3 Å². The van der Waals surface area contributed by atoms with Crippen LogP contribution < -0.4 is 4.90 Å². The monoisotopic (exact) mass is 769 g/mol. The molecule has 3 heteroatoms. The molecule has 0 amide bonds. The van der Waals surface area contributed by atoms with Crippen LogP contribution in [0.15, 0.2) is 217 Å². The standard InChI is InChI=1S/C56H35NOS/c1-2-13-37(14-3-1)43-31-28-40(49-33-39-15-4-5-16-42(39)44-17-6-7-18-45(44)49)34-51(43)57(50-21-12-24-55-56(50)48-20-9-11-23-54(48)59-55)41-29-25-36(26-30-41)38-27-32-47-46-19-8-10-22-52(46)58-53(47)35-38/h1-35H. The second-order valence-electron chi connectivity index (χ2n) is 15.2. The van der Waals surface area contributed by atoms with Crippen molar-refractivity contribution in [1.82, 2.24) is 0 Å². The van der Waals surface area contributed by atoms with Crippen LogP contribution in [0.3, 0.4) is 0 Å². The molecule has 59 heavy (non-hydrogen) atoms. The van der Waals surface area contributed by atoms with E-state index in [4.69, 9.17) is 4.42 Å². The molecule has 2 aromatic heterocycles. The van der Waals surface area contributed by atoms with E-state index in [-0.39, 0.29) is 0 Å². The molecule has 12 aromatic rings. The lowest BCUT2D eigenvalue weighted by molar-refractivity contribution is 0.669. The number of anilines is 3. The number of hydrogen-bond donors (Lipinski definition) is 0. The zero-order valence-electron chi connectivity index (χ0n) is 32.0. The SMILES string of the molecule is c1ccc(-c2ccc(-c3cc4ccccc4c4ccccc34)cc2N(c2ccc(-c3ccc4c(c3)oc3ccccc34)cc2)c2cccc3sc4ccccc4c23)cc1. The zero-order chi connectivity index (χ0) is 38.9. The van der Waals surface area contributed by atoms with E-state index in [2.05, 4.69) is 205 Å². The second-order valence-corrected chi connectivity index (χ2v) is 16.3. The first-order chi connectivity index (χ1) is 29.2. The molecule has 0 saturated carbocycles. The molecule has 12 rings (SSSR count). The maximum absolute atomic E-state index is 6.31. The summed E-state index contributed by atoms with van der Waals surface area (Å²) in [6, 6.07) is 77.2. The Hall–Kier alpha value is -7.46. The van der Waals surface area contributed by atoms with E-state index in [1.165, 1.54) is 58.4 Å². The first-order valence-electron chi connectivity index (χ1n) is 20.1. The van der Waals surface area contributed by atoms with Gasteiger partial charge in [0.25, 0.3) is 0 Å². The third kappa shape index (κ3) is 5.55. The number of hydrogen-bond acceptors (Lipinski definition) is 3. The Kier molecular flexibility index (Phi) is 7.75. The third-order valence-electron chi connectivity index (χ3n) is 11.9. The average molecular weight is 770 g/mol. The Morgan fingerprint density at radius 1 is 0.339 bits per heavy atom. The molecule has 0 N–H and O–H groups in total. The second kappa shape index (κ2) is 13.6. The number of thiophene rings is 1. The molecular formula is C56H35NOS. The summed E-state index contributed by atoms with van der Waals surface area (Å²) in [4.78, 5) is 2.49. The van der Waals surface area contributed by atoms with Crippen molar-refractivity contribution >= 4 is 92.1 Å². The van der Waals surface area contributed by atoms with Gasteiger partial charge in [0.2, 0.25) is 0 Å². The Morgan fingerprint density at radius 3 is 1.86 bits per heavy atom. The minimum atomic E-state index is 0.899. The molecule has 0 unspecified atom stereocenters. The third-order valence-corrected chi connectivity index (χ3v) is 13.0. The Bertz CT molecular complexity index is 3560. The predicted octanol–water partition coefficient (Wildman–Crippen LogP) is 16.7. The summed E-state index contributed by atoms with van der Waals surface area (Å²) in [7, 11) is 0. The van der Waals surface area contributed by atoms with Gasteiger partial charge >= 0.3 is 0 Å². The summed E-state index contributed by atoms with van der Waals surface area (Å²) in [5, 5.41) is 9.81. The van der Waals surface area contributed by atoms with E-state index in [9.17, 15) is 0 Å². The van der Waals surface area contributed by atoms with Crippen molar-refractivity contribution in [3.05, 3.63) is 212 Å². The van der Waals surface area contributed by atoms with Gasteiger partial charge in [-0.05, 0) is 110 Å². The number of benzene rings is 10. The highest BCUT2D eigenvalue weighted by atomic mass is 32.1. The van der Waals surface area contributed by atoms with Crippen LogP contribution in [-0.2, 0) is 0 Å². The Labute approximate surface area is 345 Å². The summed E-state index contributed by atoms with van der Waals surface area (Å²) in [5.74, 6) is 0. The highest BCUT2D eigenvalue weighted by Gasteiger charge is 2.23. The fourth-order valence-electron chi connectivity index (χ4n) is 9.10. The van der Waals surface area contributed by atoms with E-state index in [1.54, 1.807) is 0 Å². The first-order valence-corrected chi connectivity index (χ1v) is 20.9. The molecule has 0 aliphatic heterocycles. The van der Waals surface area contributed by atoms with E-state index in [1.807, 2.05) is 23.5 Å². The summed E-state index contributed by atoms with van der Waals surface area (Å²) in [6.07, 6.45) is 0. The van der Waals surface area contributed by atoms with Crippen molar-refractivity contribution in [3.8, 4) is 33.4 Å². The van der Waals surface area contributed by atoms with Crippen molar-refractivity contribution in [3.63, 3.8) is 0 Å². The van der Waals surface area contributed by atoms with Gasteiger partial charge in [-0.1, -0.05) is 152 Å². The molecule has 0 fully saturated rings. The molecule has 0 radical (unpaired) electrons. The highest BCUT2D eigenvalue weighted by molar-refractivity contribution is 7.26. The lowest BCUT2D eigenvalue weighted by Crippen LogP contribution is -2.12. The van der Waals surface area contributed by atoms with Gasteiger partial charge in [-0.2, -0.15) is 0 Å². The molecule has 2 heterocycles. The van der Waals surface area contributed by atoms with E-state index < -0.39 is 0 Å². The van der Waals surface area contributed by atoms with Crippen molar-refractivity contribution < 1.29 is 4.42 Å². The van der Waals surface area contributed by atoms with Crippen LogP contribution in [0, 0.1) is 0 Å². The van der Waals surface area contributed by atoms with Crippen LogP contribution in [0.25, 0.3) is 97.0 Å². The normalized spacial score (nSPS) is 11.7. The fourth-order valence-corrected chi connectivity index (χ4v) is 10.2. The van der Waals surface area contributed by atoms with Crippen LogP contribution in [0.2, 0.25) is 0 Å². The lowest BCUT2D eigenvalue weighted by atomic mass is 9.91. The van der Waals surface area contributed by atoms with Crippen LogP contribution in [0.1, 0.15) is 0 Å². The average Bonchev–Trinajstić information content (AvgIpc) is 3.88. The number of fused-ring (bicyclic) bond motifs is 9. The van der Waals surface area contributed by atoms with Gasteiger partial charge in [0.05, 0.1) is 11.4 Å². The smallest absolute Gasteiger partial charge is 0.136 e. The molecule has 0 saturated heterocycles. The molecule has 10 aromatic carbocycles. The molecule has 276 valence electrons. The van der Waals surface area contributed by atoms with Gasteiger partial charge in [-0.15, -0.1) is 11.3 Å². The predicted molar refractivity (Wildman–Crippen MR) is 253 cm³/mol. The van der Waals surface area contributed by atoms with E-state index in [0.717, 1.165) is 55.7 Å². The van der Waals surface area contributed by atoms with E-state index >= 15 is 0 Å². The first kappa shape index (κ1) is 33.7. The van der Waals surface area contributed by atoms with Gasteiger partial charge < -0.3 is 9.32 Å². The molecule has 0 bridgehead atoms. The van der Waals surface area contributed by atoms with Crippen LogP contribution in [0.4, 0.5) is 17.1 Å². The van der Waals surface area contributed by atoms with Crippen molar-refractivity contribution in [2.45, 2.75) is 0 Å². The minimum absolute atomic E-state index is 0.899. The molecule has 2 nitrogen and oxygen atoms in total. The number of nitrogens with zero attached hydrogens (tertiary/aromatic N) is 1. The maximum Gasteiger partial charge on any atom is 0.136 e. The Balaban J connectivity index is 1.10. The molecule has 0 aliphatic rings. The summed E-state index contributed by atoms with van der Waals surface area (Å²) >= 11 is 1.85. The number of rotatable bonds is 6. The minimum Gasteiger partial charge on any atom is -0.456 e. The summed E-state index contributed by atoms with van der Waals surface area (Å²) < 4.78 is 8.86. The van der Waals surface area contributed by atoms with Crippen molar-refractivity contribution in [1.29, 1.82) is 0 Å². The largest absolute Gasteiger partial charge is 0.456 e. The summed E-state index contributed by atoms with van der Waals surface area (Å²) in [6.45, 7) is 0. The van der Waals surface area contributed by atoms with Crippen LogP contribution in [-0.4, -0.2) is 0 Å². The van der Waals surface area contributed by atoms with Crippen LogP contribution in [0.5, 0.6) is 0 Å². The van der Waals surface area contributed by atoms with E-state index in [0.29, 0.717) is 0 Å². The van der Waals surface area contributed by atoms with Gasteiger partial charge in [-0.25, -0.2) is 0 Å². The van der Waals surface area contributed by atoms with Gasteiger partial charge in [-0.3, -0.25) is 0 Å². The topological polar surface area (TPSA) is 16.4 Å². The molecule has 0 atom stereocenters. The maximum atomic E-state index is 6.31. The number of para-hydroxylation sites is 1. The Morgan fingerprint density at radius 2 is 1.00 bits per heavy atom. The summed E-state index contributed by atoms with van der Waals surface area (Å²) in [5.41, 5.74) is 12.1. The molecular weight excluding hydrogens is 735 g/mol. The fraction of sp³-hybridized carbons (Fsp3) is 0. The number of furan rings is 1. The lowest BCUT2D eigenvalue weighted by Gasteiger charge is -2.29. The van der Waals surface area contributed by atoms with Crippen molar-refractivity contribution in [2.24, 2.45) is 0 Å².